The molecule has 1 heterocycles. The van der Waals surface area contributed by atoms with Crippen LogP contribution < -0.4 is 16.3 Å². The minimum absolute atomic E-state index is 0.0618. The number of amides is 2. The molecule has 0 saturated heterocycles. The molecule has 25 heavy (non-hydrogen) atoms. The van der Waals surface area contributed by atoms with E-state index >= 15 is 0 Å². The van der Waals surface area contributed by atoms with Gasteiger partial charge in [0.15, 0.2) is 4.77 Å². The van der Waals surface area contributed by atoms with Crippen LogP contribution in [-0.4, -0.2) is 15.7 Å². The molecule has 10 heteroatoms. The van der Waals surface area contributed by atoms with Gasteiger partial charge >= 0.3 is 6.03 Å². The Hall–Kier alpha value is -1.68. The highest BCUT2D eigenvalue weighted by molar-refractivity contribution is 9.11. The van der Waals surface area contributed by atoms with Crippen molar-refractivity contribution in [2.24, 2.45) is 0 Å². The predicted octanol–water partition coefficient (Wildman–Crippen LogP) is 5.01. The maximum absolute atomic E-state index is 12.7. The third kappa shape index (κ3) is 3.95. The van der Waals surface area contributed by atoms with E-state index in [1.807, 2.05) is 0 Å². The SMILES string of the molecule is O=C(Nc1ccc(Cl)cc1)Nn1c(=S)[nH]c2c(Br)cc(Br)cc2c1=O. The van der Waals surface area contributed by atoms with Gasteiger partial charge in [0.2, 0.25) is 0 Å². The van der Waals surface area contributed by atoms with E-state index in [4.69, 9.17) is 23.8 Å². The fourth-order valence-electron chi connectivity index (χ4n) is 2.14. The molecule has 2 amide bonds. The van der Waals surface area contributed by atoms with Gasteiger partial charge in [0.05, 0.1) is 10.9 Å². The van der Waals surface area contributed by atoms with Gasteiger partial charge in [0, 0.05) is 19.7 Å². The summed E-state index contributed by atoms with van der Waals surface area (Å²) in [5, 5.41) is 3.51. The Morgan fingerprint density at radius 3 is 2.56 bits per heavy atom. The summed E-state index contributed by atoms with van der Waals surface area (Å²) >= 11 is 17.7. The van der Waals surface area contributed by atoms with Crippen LogP contribution in [0.25, 0.3) is 10.9 Å². The number of aromatic nitrogens is 2. The van der Waals surface area contributed by atoms with Crippen LogP contribution in [0.2, 0.25) is 5.02 Å². The molecule has 3 N–H and O–H groups in total. The van der Waals surface area contributed by atoms with E-state index in [9.17, 15) is 9.59 Å². The van der Waals surface area contributed by atoms with E-state index in [1.54, 1.807) is 36.4 Å². The van der Waals surface area contributed by atoms with Gasteiger partial charge in [-0.05, 0) is 64.5 Å². The largest absolute Gasteiger partial charge is 0.338 e. The lowest BCUT2D eigenvalue weighted by molar-refractivity contribution is 0.259. The average Bonchev–Trinajstić information content (AvgIpc) is 2.55. The third-order valence-electron chi connectivity index (χ3n) is 3.24. The smallest absolute Gasteiger partial charge is 0.329 e. The molecule has 0 aliphatic rings. The van der Waals surface area contributed by atoms with Gasteiger partial charge in [-0.1, -0.05) is 27.5 Å². The molecule has 3 rings (SSSR count). The Morgan fingerprint density at radius 1 is 1.20 bits per heavy atom. The number of nitrogens with one attached hydrogen (secondary N) is 3. The molecule has 6 nitrogen and oxygen atoms in total. The monoisotopic (exact) mass is 502 g/mol. The number of rotatable bonds is 2. The number of aromatic amines is 1. The number of anilines is 1. The number of nitrogens with zero attached hydrogens (tertiary/aromatic N) is 1. The second-order valence-electron chi connectivity index (χ2n) is 4.95. The van der Waals surface area contributed by atoms with Crippen molar-refractivity contribution < 1.29 is 4.79 Å². The topological polar surface area (TPSA) is 78.9 Å². The highest BCUT2D eigenvalue weighted by Gasteiger charge is 2.11. The molecular weight excluding hydrogens is 496 g/mol. The number of hydrogen-bond acceptors (Lipinski definition) is 3. The number of urea groups is 1. The zero-order chi connectivity index (χ0) is 18.1. The molecule has 2 aromatic carbocycles. The number of halogens is 3. The molecule has 128 valence electrons. The van der Waals surface area contributed by atoms with Gasteiger partial charge in [-0.25, -0.2) is 10.2 Å². The highest BCUT2D eigenvalue weighted by atomic mass is 79.9. The van der Waals surface area contributed by atoms with Crippen molar-refractivity contribution in [1.82, 2.24) is 9.66 Å². The third-order valence-corrected chi connectivity index (χ3v) is 4.86. The lowest BCUT2D eigenvalue weighted by atomic mass is 10.2. The minimum atomic E-state index is -0.614. The zero-order valence-corrected chi connectivity index (χ0v) is 17.0. The van der Waals surface area contributed by atoms with Crippen LogP contribution in [0.5, 0.6) is 0 Å². The maximum Gasteiger partial charge on any atom is 0.338 e. The predicted molar refractivity (Wildman–Crippen MR) is 109 cm³/mol. The van der Waals surface area contributed by atoms with Crippen LogP contribution in [0.15, 0.2) is 50.1 Å². The number of carbonyl (C=O) groups is 1. The number of benzene rings is 2. The van der Waals surface area contributed by atoms with Gasteiger partial charge in [-0.2, -0.15) is 4.68 Å². The molecule has 0 aliphatic heterocycles. The van der Waals surface area contributed by atoms with Crippen LogP contribution in [0.3, 0.4) is 0 Å². The Labute approximate surface area is 168 Å². The summed E-state index contributed by atoms with van der Waals surface area (Å²) < 4.78 is 2.43. The molecular formula is C15H9Br2ClN4O2S. The van der Waals surface area contributed by atoms with E-state index in [1.165, 1.54) is 0 Å². The number of H-pyrrole nitrogens is 1. The van der Waals surface area contributed by atoms with Crippen LogP contribution in [0.1, 0.15) is 0 Å². The Balaban J connectivity index is 1.96. The quantitative estimate of drug-likeness (QED) is 0.429. The first-order chi connectivity index (χ1) is 11.8. The molecule has 0 bridgehead atoms. The first kappa shape index (κ1) is 18.1. The highest BCUT2D eigenvalue weighted by Crippen LogP contribution is 2.25. The van der Waals surface area contributed by atoms with Crippen molar-refractivity contribution in [3.05, 3.63) is 65.5 Å². The summed E-state index contributed by atoms with van der Waals surface area (Å²) in [7, 11) is 0. The number of fused-ring (bicyclic) bond motifs is 1. The molecule has 0 saturated carbocycles. The Morgan fingerprint density at radius 2 is 1.88 bits per heavy atom. The summed E-state index contributed by atoms with van der Waals surface area (Å²) in [5.41, 5.74) is 3.05. The normalized spacial score (nSPS) is 10.7. The van der Waals surface area contributed by atoms with E-state index < -0.39 is 11.6 Å². The van der Waals surface area contributed by atoms with E-state index in [-0.39, 0.29) is 4.77 Å². The maximum atomic E-state index is 12.7. The minimum Gasteiger partial charge on any atom is -0.329 e. The van der Waals surface area contributed by atoms with Gasteiger partial charge in [-0.15, -0.1) is 0 Å². The molecule has 0 fully saturated rings. The van der Waals surface area contributed by atoms with Crippen LogP contribution in [0.4, 0.5) is 10.5 Å². The standard InChI is InChI=1S/C15H9Br2ClN4O2S/c16-7-5-10-12(11(17)6-7)20-15(25)22(13(10)23)21-14(24)19-9-3-1-8(18)2-4-9/h1-6H,(H,20,25)(H2,19,21,24). The average molecular weight is 505 g/mol. The van der Waals surface area contributed by atoms with Crippen molar-refractivity contribution in [3.63, 3.8) is 0 Å². The molecule has 1 aromatic heterocycles. The summed E-state index contributed by atoms with van der Waals surface area (Å²) in [6.07, 6.45) is 0. The number of carbonyl (C=O) groups excluding carboxylic acids is 1. The van der Waals surface area contributed by atoms with Gasteiger partial charge in [0.1, 0.15) is 0 Å². The Kier molecular flexibility index (Phi) is 5.28. The first-order valence-corrected chi connectivity index (χ1v) is 9.20. The second kappa shape index (κ2) is 7.28. The molecule has 0 aliphatic carbocycles. The second-order valence-corrected chi connectivity index (χ2v) is 7.55. The van der Waals surface area contributed by atoms with Crippen molar-refractivity contribution >= 4 is 78.3 Å². The summed E-state index contributed by atoms with van der Waals surface area (Å²) in [6, 6.07) is 9.38. The molecule has 0 radical (unpaired) electrons. The number of hydrogen-bond donors (Lipinski definition) is 3. The summed E-state index contributed by atoms with van der Waals surface area (Å²) in [5.74, 6) is 0. The van der Waals surface area contributed by atoms with Crippen molar-refractivity contribution in [3.8, 4) is 0 Å². The van der Waals surface area contributed by atoms with Gasteiger partial charge < -0.3 is 10.3 Å². The first-order valence-electron chi connectivity index (χ1n) is 6.83. The summed E-state index contributed by atoms with van der Waals surface area (Å²) in [4.78, 5) is 27.7. The summed E-state index contributed by atoms with van der Waals surface area (Å²) in [6.45, 7) is 0. The van der Waals surface area contributed by atoms with Gasteiger partial charge in [0.25, 0.3) is 5.56 Å². The zero-order valence-electron chi connectivity index (χ0n) is 12.3. The van der Waals surface area contributed by atoms with Crippen molar-refractivity contribution in [1.29, 1.82) is 0 Å². The van der Waals surface area contributed by atoms with Crippen LogP contribution in [-0.2, 0) is 0 Å². The fourth-order valence-corrected chi connectivity index (χ4v) is 3.82. The lowest BCUT2D eigenvalue weighted by Gasteiger charge is -2.11. The molecule has 0 unspecified atom stereocenters. The van der Waals surface area contributed by atoms with E-state index in [0.717, 1.165) is 4.68 Å². The van der Waals surface area contributed by atoms with Crippen molar-refractivity contribution in [2.75, 3.05) is 10.7 Å². The molecule has 0 spiro atoms. The molecule has 0 atom stereocenters. The van der Waals surface area contributed by atoms with Crippen molar-refractivity contribution in [2.45, 2.75) is 0 Å². The fraction of sp³-hybridized carbons (Fsp3) is 0. The van der Waals surface area contributed by atoms with Crippen LogP contribution in [0, 0.1) is 4.77 Å². The lowest BCUT2D eigenvalue weighted by Crippen LogP contribution is -2.36. The van der Waals surface area contributed by atoms with E-state index in [2.05, 4.69) is 47.6 Å². The Bertz CT molecular complexity index is 1100. The van der Waals surface area contributed by atoms with Crippen LogP contribution >= 0.6 is 55.7 Å². The van der Waals surface area contributed by atoms with Gasteiger partial charge in [-0.3, -0.25) is 4.79 Å². The molecule has 3 aromatic rings. The van der Waals surface area contributed by atoms with E-state index in [0.29, 0.717) is 30.6 Å².